The van der Waals surface area contributed by atoms with Crippen molar-refractivity contribution in [2.24, 2.45) is 0 Å². The van der Waals surface area contributed by atoms with Crippen LogP contribution in [-0.2, 0) is 16.1 Å². The van der Waals surface area contributed by atoms with Crippen LogP contribution in [0, 0.1) is 0 Å². The summed E-state index contributed by atoms with van der Waals surface area (Å²) in [5.41, 5.74) is 3.08. The lowest BCUT2D eigenvalue weighted by molar-refractivity contribution is -0.274. The average Bonchev–Trinajstić information content (AvgIpc) is 3.16. The Morgan fingerprint density at radius 1 is 1.19 bits per heavy atom. The van der Waals surface area contributed by atoms with Gasteiger partial charge in [-0.25, -0.2) is 4.98 Å². The third kappa shape index (κ3) is 6.85. The van der Waals surface area contributed by atoms with Crippen LogP contribution in [-0.4, -0.2) is 28.5 Å². The molecule has 196 valence electrons. The Kier molecular flexibility index (Phi) is 9.52. The fraction of sp³-hybridized carbons (Fsp3) is 0.440. The first-order valence-electron chi connectivity index (χ1n) is 11.7. The first-order valence-corrected chi connectivity index (χ1v) is 12.9. The maximum atomic E-state index is 12.6. The average molecular weight is 591 g/mol. The Bertz CT molecular complexity index is 1210. The molecule has 6 nitrogen and oxygen atoms in total. The van der Waals surface area contributed by atoms with E-state index < -0.39 is 6.36 Å². The van der Waals surface area contributed by atoms with Gasteiger partial charge >= 0.3 is 12.3 Å². The summed E-state index contributed by atoms with van der Waals surface area (Å²) in [4.78, 5) is 16.7. The van der Waals surface area contributed by atoms with Gasteiger partial charge < -0.3 is 19.4 Å². The van der Waals surface area contributed by atoms with Crippen molar-refractivity contribution < 1.29 is 27.4 Å². The smallest absolute Gasteiger partial charge is 0.466 e. The molecule has 0 spiro atoms. The number of alkyl halides is 3. The van der Waals surface area contributed by atoms with Gasteiger partial charge in [-0.1, -0.05) is 31.5 Å². The topological polar surface area (TPSA) is 65.4 Å². The molecule has 0 unspecified atom stereocenters. The number of hydrogen-bond donors (Lipinski definition) is 1. The summed E-state index contributed by atoms with van der Waals surface area (Å²) < 4.78 is 49.2. The molecular weight excluding hydrogens is 563 g/mol. The molecule has 0 amide bonds. The fourth-order valence-electron chi connectivity index (χ4n) is 4.13. The minimum atomic E-state index is -4.79. The first-order chi connectivity index (χ1) is 17.1. The van der Waals surface area contributed by atoms with E-state index in [9.17, 15) is 18.0 Å². The van der Waals surface area contributed by atoms with Crippen LogP contribution >= 0.6 is 27.5 Å². The molecule has 0 bridgehead atoms. The predicted molar refractivity (Wildman–Crippen MR) is 138 cm³/mol. The van der Waals surface area contributed by atoms with E-state index in [1.807, 2.05) is 16.7 Å². The van der Waals surface area contributed by atoms with Gasteiger partial charge in [0, 0.05) is 17.4 Å². The summed E-state index contributed by atoms with van der Waals surface area (Å²) in [6, 6.07) is 7.76. The number of benzene rings is 2. The van der Waals surface area contributed by atoms with E-state index in [4.69, 9.17) is 21.3 Å². The van der Waals surface area contributed by atoms with Crippen LogP contribution in [0.25, 0.3) is 11.0 Å². The highest BCUT2D eigenvalue weighted by atomic mass is 79.9. The monoisotopic (exact) mass is 589 g/mol. The number of nitrogens with one attached hydrogen (secondary N) is 1. The molecule has 0 saturated heterocycles. The van der Waals surface area contributed by atoms with E-state index in [-0.39, 0.29) is 24.1 Å². The molecule has 11 heteroatoms. The van der Waals surface area contributed by atoms with Gasteiger partial charge in [0.05, 0.1) is 22.8 Å². The molecule has 0 atom stereocenters. The molecule has 0 aliphatic heterocycles. The number of hydrogen-bond acceptors (Lipinski definition) is 5. The van der Waals surface area contributed by atoms with E-state index in [1.165, 1.54) is 18.2 Å². The van der Waals surface area contributed by atoms with Crippen molar-refractivity contribution in [3.63, 3.8) is 0 Å². The zero-order valence-electron chi connectivity index (χ0n) is 20.2. The number of ether oxygens (including phenoxy) is 2. The molecule has 0 aliphatic rings. The number of esters is 1. The molecule has 0 aliphatic carbocycles. The number of rotatable bonds is 11. The van der Waals surface area contributed by atoms with E-state index in [0.717, 1.165) is 23.9 Å². The Morgan fingerprint density at radius 2 is 1.92 bits per heavy atom. The number of imidazole rings is 1. The van der Waals surface area contributed by atoms with Crippen molar-refractivity contribution in [3.05, 3.63) is 45.4 Å². The lowest BCUT2D eigenvalue weighted by Gasteiger charge is -2.18. The number of anilines is 2. The summed E-state index contributed by atoms with van der Waals surface area (Å²) in [7, 11) is 0. The maximum Gasteiger partial charge on any atom is 0.573 e. The third-order valence-electron chi connectivity index (χ3n) is 5.79. The van der Waals surface area contributed by atoms with Crippen LogP contribution in [0.15, 0.2) is 34.8 Å². The fourth-order valence-corrected chi connectivity index (χ4v) is 4.79. The minimum absolute atomic E-state index is 0.237. The molecule has 0 radical (unpaired) electrons. The second-order valence-electron chi connectivity index (χ2n) is 8.16. The van der Waals surface area contributed by atoms with Gasteiger partial charge in [-0.15, -0.1) is 13.2 Å². The zero-order chi connectivity index (χ0) is 26.5. The predicted octanol–water partition coefficient (Wildman–Crippen LogP) is 8.34. The largest absolute Gasteiger partial charge is 0.573 e. The highest BCUT2D eigenvalue weighted by molar-refractivity contribution is 9.10. The Labute approximate surface area is 221 Å². The Balaban J connectivity index is 2.04. The lowest BCUT2D eigenvalue weighted by Crippen LogP contribution is -2.17. The molecule has 2 aromatic carbocycles. The molecule has 0 saturated carbocycles. The number of carbonyl (C=O) groups excluding carboxylic acids is 1. The van der Waals surface area contributed by atoms with E-state index in [0.29, 0.717) is 46.2 Å². The molecule has 1 heterocycles. The number of aromatic nitrogens is 2. The Hall–Kier alpha value is -2.46. The third-order valence-corrected chi connectivity index (χ3v) is 6.75. The van der Waals surface area contributed by atoms with Crippen molar-refractivity contribution >= 4 is 56.2 Å². The van der Waals surface area contributed by atoms with Crippen LogP contribution in [0.1, 0.15) is 57.9 Å². The molecule has 1 aromatic heterocycles. The number of nitrogens with zero attached hydrogens (tertiary/aromatic N) is 2. The van der Waals surface area contributed by atoms with E-state index in [2.05, 4.69) is 39.8 Å². The molecule has 3 aromatic rings. The second kappa shape index (κ2) is 12.2. The van der Waals surface area contributed by atoms with Crippen molar-refractivity contribution in [1.82, 2.24) is 9.55 Å². The van der Waals surface area contributed by atoms with Gasteiger partial charge in [0.25, 0.3) is 0 Å². The summed E-state index contributed by atoms with van der Waals surface area (Å²) in [5.74, 6) is 0.114. The normalized spacial score (nSPS) is 11.8. The molecule has 36 heavy (non-hydrogen) atoms. The first kappa shape index (κ1) is 28.1. The van der Waals surface area contributed by atoms with Crippen molar-refractivity contribution in [3.8, 4) is 5.75 Å². The summed E-state index contributed by atoms with van der Waals surface area (Å²) in [6.45, 7) is 6.78. The summed E-state index contributed by atoms with van der Waals surface area (Å²) in [5, 5.41) is 3.69. The lowest BCUT2D eigenvalue weighted by atomic mass is 9.93. The van der Waals surface area contributed by atoms with Gasteiger partial charge in [0.2, 0.25) is 5.95 Å². The highest BCUT2D eigenvalue weighted by Crippen LogP contribution is 2.38. The van der Waals surface area contributed by atoms with Crippen LogP contribution in [0.4, 0.5) is 24.8 Å². The SMILES string of the molecule is CCOC(=O)CCCn1c(Nc2ccc(OC(F)(F)F)cc2Br)nc2c(Cl)ccc(C(CC)CC)c21. The number of aryl methyl sites for hydroxylation is 1. The maximum absolute atomic E-state index is 12.6. The van der Waals surface area contributed by atoms with Gasteiger partial charge in [0.1, 0.15) is 11.3 Å². The molecule has 3 rings (SSSR count). The second-order valence-corrected chi connectivity index (χ2v) is 9.42. The summed E-state index contributed by atoms with van der Waals surface area (Å²) in [6.07, 6.45) is -2.19. The number of carbonyl (C=O) groups is 1. The summed E-state index contributed by atoms with van der Waals surface area (Å²) >= 11 is 9.85. The van der Waals surface area contributed by atoms with Crippen LogP contribution in [0.5, 0.6) is 5.75 Å². The van der Waals surface area contributed by atoms with Gasteiger partial charge in [-0.3, -0.25) is 4.79 Å². The van der Waals surface area contributed by atoms with Crippen LogP contribution < -0.4 is 10.1 Å². The van der Waals surface area contributed by atoms with Gasteiger partial charge in [-0.2, -0.15) is 0 Å². The van der Waals surface area contributed by atoms with Crippen LogP contribution in [0.2, 0.25) is 5.02 Å². The van der Waals surface area contributed by atoms with Crippen LogP contribution in [0.3, 0.4) is 0 Å². The molecule has 0 fully saturated rings. The minimum Gasteiger partial charge on any atom is -0.466 e. The van der Waals surface area contributed by atoms with Gasteiger partial charge in [0.15, 0.2) is 0 Å². The quantitative estimate of drug-likeness (QED) is 0.227. The van der Waals surface area contributed by atoms with Crippen molar-refractivity contribution in [1.29, 1.82) is 0 Å². The molecular formula is C25H28BrClF3N3O3. The molecule has 1 N–H and O–H groups in total. The van der Waals surface area contributed by atoms with Gasteiger partial charge in [-0.05, 0) is 77.9 Å². The van der Waals surface area contributed by atoms with E-state index in [1.54, 1.807) is 6.92 Å². The van der Waals surface area contributed by atoms with Crippen molar-refractivity contribution in [2.75, 3.05) is 11.9 Å². The highest BCUT2D eigenvalue weighted by Gasteiger charge is 2.31. The van der Waals surface area contributed by atoms with Crippen molar-refractivity contribution in [2.45, 2.75) is 65.3 Å². The van der Waals surface area contributed by atoms with E-state index >= 15 is 0 Å². The number of fused-ring (bicyclic) bond motifs is 1. The standard InChI is InChI=1S/C25H28BrClF3N3O3/c1-4-15(5-2)17-10-11-19(27)22-23(17)33(13-7-8-21(34)35-6-3)24(32-22)31-20-12-9-16(14-18(20)26)36-25(28,29)30/h9-12,14-15H,4-8,13H2,1-3H3,(H,31,32). The zero-order valence-corrected chi connectivity index (χ0v) is 22.6. The number of halogens is 5. The Morgan fingerprint density at radius 3 is 2.53 bits per heavy atom.